The predicted octanol–water partition coefficient (Wildman–Crippen LogP) is 2.34. The minimum atomic E-state index is -0.515. The first kappa shape index (κ1) is 20.7. The minimum Gasteiger partial charge on any atom is -0.381 e. The van der Waals surface area contributed by atoms with Crippen LogP contribution in [-0.2, 0) is 9.53 Å². The number of nitrogens with two attached hydrogens (primary N) is 1. The number of nitrogens with zero attached hydrogens (tertiary/aromatic N) is 1. The Labute approximate surface area is 153 Å². The zero-order valence-corrected chi connectivity index (χ0v) is 15.2. The Morgan fingerprint density at radius 3 is 2.67 bits per heavy atom. The number of H-pyrrole nitrogens is 1. The van der Waals surface area contributed by atoms with Crippen LogP contribution in [0.1, 0.15) is 31.6 Å². The third kappa shape index (κ3) is 4.00. The van der Waals surface area contributed by atoms with Gasteiger partial charge in [-0.3, -0.25) is 4.79 Å². The van der Waals surface area contributed by atoms with Gasteiger partial charge in [-0.15, -0.1) is 24.8 Å². The summed E-state index contributed by atoms with van der Waals surface area (Å²) in [6.45, 7) is 3.45. The van der Waals surface area contributed by atoms with Crippen molar-refractivity contribution >= 4 is 41.8 Å². The number of nitrogens with one attached hydrogen (secondary N) is 2. The Bertz CT molecular complexity index is 638. The lowest BCUT2D eigenvalue weighted by Crippen LogP contribution is -2.49. The first-order valence-electron chi connectivity index (χ1n) is 7.68. The monoisotopic (exact) mass is 374 g/mol. The Morgan fingerprint density at radius 2 is 2.04 bits per heavy atom. The van der Waals surface area contributed by atoms with Crippen LogP contribution in [0, 0.1) is 5.41 Å². The van der Waals surface area contributed by atoms with E-state index in [4.69, 9.17) is 10.5 Å². The molecule has 1 atom stereocenters. The number of halogens is 2. The molecule has 8 heteroatoms. The van der Waals surface area contributed by atoms with Crippen LogP contribution in [0.2, 0.25) is 0 Å². The van der Waals surface area contributed by atoms with Gasteiger partial charge in [0.15, 0.2) is 0 Å². The number of amides is 1. The number of carbonyl (C=O) groups is 1. The van der Waals surface area contributed by atoms with Gasteiger partial charge in [0.1, 0.15) is 5.82 Å². The van der Waals surface area contributed by atoms with E-state index in [0.717, 1.165) is 16.9 Å². The van der Waals surface area contributed by atoms with Crippen LogP contribution in [0.15, 0.2) is 24.3 Å². The molecule has 1 fully saturated rings. The SMILES string of the molecule is CC(NC(=O)C1(CN)CCOCC1)c1nc2ccccc2[nH]1.Cl.Cl. The Balaban J connectivity index is 0.00000144. The Morgan fingerprint density at radius 1 is 1.38 bits per heavy atom. The fourth-order valence-corrected chi connectivity index (χ4v) is 2.88. The standard InChI is InChI=1S/C16H22N4O2.2ClH/c1-11(14-19-12-4-2-3-5-13(12)20-14)18-15(21)16(10-17)6-8-22-9-7-16;;/h2-5,11H,6-10,17H2,1H3,(H,18,21)(H,19,20);2*1H. The summed E-state index contributed by atoms with van der Waals surface area (Å²) in [4.78, 5) is 20.4. The van der Waals surface area contributed by atoms with Crippen molar-refractivity contribution in [2.45, 2.75) is 25.8 Å². The van der Waals surface area contributed by atoms with Gasteiger partial charge in [0, 0.05) is 19.8 Å². The van der Waals surface area contributed by atoms with Gasteiger partial charge in [0.25, 0.3) is 0 Å². The number of hydrogen-bond acceptors (Lipinski definition) is 4. The maximum Gasteiger partial charge on any atom is 0.228 e. The van der Waals surface area contributed by atoms with Crippen LogP contribution in [-0.4, -0.2) is 35.6 Å². The number of fused-ring (bicyclic) bond motifs is 1. The number of aromatic nitrogens is 2. The summed E-state index contributed by atoms with van der Waals surface area (Å²) < 4.78 is 5.35. The highest BCUT2D eigenvalue weighted by atomic mass is 35.5. The highest BCUT2D eigenvalue weighted by molar-refractivity contribution is 5.85. The van der Waals surface area contributed by atoms with Crippen molar-refractivity contribution in [2.24, 2.45) is 11.1 Å². The van der Waals surface area contributed by atoms with Crippen LogP contribution < -0.4 is 11.1 Å². The molecule has 0 bridgehead atoms. The smallest absolute Gasteiger partial charge is 0.228 e. The highest BCUT2D eigenvalue weighted by Gasteiger charge is 2.39. The lowest BCUT2D eigenvalue weighted by atomic mass is 9.79. The normalized spacial score (nSPS) is 17.4. The van der Waals surface area contributed by atoms with Gasteiger partial charge >= 0.3 is 0 Å². The van der Waals surface area contributed by atoms with Crippen LogP contribution in [0.4, 0.5) is 0 Å². The summed E-state index contributed by atoms with van der Waals surface area (Å²) in [6, 6.07) is 7.64. The largest absolute Gasteiger partial charge is 0.381 e. The number of aromatic amines is 1. The molecule has 0 aliphatic carbocycles. The molecule has 1 saturated heterocycles. The van der Waals surface area contributed by atoms with Gasteiger partial charge in [-0.25, -0.2) is 4.98 Å². The number of benzene rings is 1. The summed E-state index contributed by atoms with van der Waals surface area (Å²) in [5, 5.41) is 3.05. The molecule has 1 aromatic carbocycles. The van der Waals surface area contributed by atoms with E-state index in [2.05, 4.69) is 15.3 Å². The quantitative estimate of drug-likeness (QED) is 0.765. The second-order valence-corrected chi connectivity index (χ2v) is 5.93. The summed E-state index contributed by atoms with van der Waals surface area (Å²) >= 11 is 0. The van der Waals surface area contributed by atoms with Gasteiger partial charge in [-0.2, -0.15) is 0 Å². The molecular weight excluding hydrogens is 351 g/mol. The molecule has 0 spiro atoms. The van der Waals surface area contributed by atoms with E-state index in [9.17, 15) is 4.79 Å². The first-order chi connectivity index (χ1) is 10.6. The van der Waals surface area contributed by atoms with Crippen LogP contribution in [0.5, 0.6) is 0 Å². The lowest BCUT2D eigenvalue weighted by molar-refractivity contribution is -0.136. The fraction of sp³-hybridized carbons (Fsp3) is 0.500. The summed E-state index contributed by atoms with van der Waals surface area (Å²) in [6.07, 6.45) is 1.34. The number of carbonyl (C=O) groups excluding carboxylic acids is 1. The average Bonchev–Trinajstić information content (AvgIpc) is 2.99. The number of imidazole rings is 1. The second kappa shape index (κ2) is 8.67. The Hall–Kier alpha value is -1.34. The van der Waals surface area contributed by atoms with E-state index in [1.54, 1.807) is 0 Å². The van der Waals surface area contributed by atoms with E-state index >= 15 is 0 Å². The van der Waals surface area contributed by atoms with Gasteiger partial charge in [0.2, 0.25) is 5.91 Å². The van der Waals surface area contributed by atoms with E-state index in [1.807, 2.05) is 31.2 Å². The van der Waals surface area contributed by atoms with Gasteiger partial charge < -0.3 is 20.8 Å². The third-order valence-corrected chi connectivity index (χ3v) is 4.49. The van der Waals surface area contributed by atoms with Crippen molar-refractivity contribution in [2.75, 3.05) is 19.8 Å². The maximum atomic E-state index is 12.7. The van der Waals surface area contributed by atoms with Crippen LogP contribution in [0.3, 0.4) is 0 Å². The number of rotatable bonds is 4. The molecule has 0 radical (unpaired) electrons. The Kier molecular flexibility index (Phi) is 7.48. The van der Waals surface area contributed by atoms with Crippen molar-refractivity contribution in [1.29, 1.82) is 0 Å². The molecule has 1 aromatic heterocycles. The van der Waals surface area contributed by atoms with Crippen molar-refractivity contribution in [3.8, 4) is 0 Å². The third-order valence-electron chi connectivity index (χ3n) is 4.49. The summed E-state index contributed by atoms with van der Waals surface area (Å²) in [7, 11) is 0. The fourth-order valence-electron chi connectivity index (χ4n) is 2.88. The van der Waals surface area contributed by atoms with Gasteiger partial charge in [-0.05, 0) is 31.9 Å². The van der Waals surface area contributed by atoms with Gasteiger partial charge in [-0.1, -0.05) is 12.1 Å². The van der Waals surface area contributed by atoms with E-state index in [-0.39, 0.29) is 36.8 Å². The summed E-state index contributed by atoms with van der Waals surface area (Å²) in [5.41, 5.74) is 7.23. The molecule has 1 amide bonds. The molecule has 4 N–H and O–H groups in total. The highest BCUT2D eigenvalue weighted by Crippen LogP contribution is 2.30. The summed E-state index contributed by atoms with van der Waals surface area (Å²) in [5.74, 6) is 0.750. The topological polar surface area (TPSA) is 93.0 Å². The zero-order valence-electron chi connectivity index (χ0n) is 13.6. The molecule has 134 valence electrons. The molecule has 1 unspecified atom stereocenters. The van der Waals surface area contributed by atoms with Crippen LogP contribution >= 0.6 is 24.8 Å². The average molecular weight is 375 g/mol. The van der Waals surface area contributed by atoms with Crippen molar-refractivity contribution in [3.63, 3.8) is 0 Å². The number of hydrogen-bond donors (Lipinski definition) is 3. The van der Waals surface area contributed by atoms with Gasteiger partial charge in [0.05, 0.1) is 22.5 Å². The molecular formula is C16H24Cl2N4O2. The van der Waals surface area contributed by atoms with Crippen molar-refractivity contribution in [3.05, 3.63) is 30.1 Å². The van der Waals surface area contributed by atoms with E-state index in [1.165, 1.54) is 0 Å². The predicted molar refractivity (Wildman–Crippen MR) is 98.7 cm³/mol. The van der Waals surface area contributed by atoms with E-state index in [0.29, 0.717) is 32.6 Å². The van der Waals surface area contributed by atoms with Crippen molar-refractivity contribution < 1.29 is 9.53 Å². The van der Waals surface area contributed by atoms with E-state index < -0.39 is 5.41 Å². The molecule has 3 rings (SSSR count). The molecule has 0 saturated carbocycles. The minimum absolute atomic E-state index is 0. The number of para-hydroxylation sites is 2. The van der Waals surface area contributed by atoms with Crippen molar-refractivity contribution in [1.82, 2.24) is 15.3 Å². The lowest BCUT2D eigenvalue weighted by Gasteiger charge is -2.35. The molecule has 2 aromatic rings. The zero-order chi connectivity index (χ0) is 15.6. The molecule has 24 heavy (non-hydrogen) atoms. The second-order valence-electron chi connectivity index (χ2n) is 5.93. The maximum absolute atomic E-state index is 12.7. The number of ether oxygens (including phenoxy) is 1. The first-order valence-corrected chi connectivity index (χ1v) is 7.68. The molecule has 2 heterocycles. The molecule has 1 aliphatic rings. The molecule has 6 nitrogen and oxygen atoms in total. The van der Waals surface area contributed by atoms with Crippen LogP contribution in [0.25, 0.3) is 11.0 Å². The molecule has 1 aliphatic heterocycles.